The number of hydrogen-bond donors (Lipinski definition) is 1. The third-order valence-corrected chi connectivity index (χ3v) is 3.31. The van der Waals surface area contributed by atoms with Crippen LogP contribution in [0.4, 0.5) is 5.69 Å². The summed E-state index contributed by atoms with van der Waals surface area (Å²) in [5.41, 5.74) is 0.349. The van der Waals surface area contributed by atoms with E-state index in [1.807, 2.05) is 0 Å². The summed E-state index contributed by atoms with van der Waals surface area (Å²) in [6, 6.07) is 0.420. The van der Waals surface area contributed by atoms with Crippen molar-refractivity contribution in [3.8, 4) is 0 Å². The lowest BCUT2D eigenvalue weighted by molar-refractivity contribution is 0.182. The number of halogens is 1. The molecule has 2 unspecified atom stereocenters. The van der Waals surface area contributed by atoms with Gasteiger partial charge in [-0.2, -0.15) is 5.10 Å². The molecule has 1 fully saturated rings. The van der Waals surface area contributed by atoms with Crippen molar-refractivity contribution in [1.29, 1.82) is 0 Å². The summed E-state index contributed by atoms with van der Waals surface area (Å²) in [6.45, 7) is 3.00. The fourth-order valence-corrected chi connectivity index (χ4v) is 1.83. The smallest absolute Gasteiger partial charge is 0.287 e. The summed E-state index contributed by atoms with van der Waals surface area (Å²) in [5, 5.41) is 7.48. The monoisotopic (exact) mass is 257 g/mol. The molecule has 1 saturated carbocycles. The van der Waals surface area contributed by atoms with E-state index in [0.717, 1.165) is 6.42 Å². The molecule has 2 rings (SSSR count). The molecular formula is C11H16ClN3O2. The van der Waals surface area contributed by atoms with E-state index >= 15 is 0 Å². The average molecular weight is 258 g/mol. The van der Waals surface area contributed by atoms with Crippen LogP contribution in [0.3, 0.4) is 0 Å². The summed E-state index contributed by atoms with van der Waals surface area (Å²) in [5.74, 6) is 0.641. The zero-order valence-electron chi connectivity index (χ0n) is 9.94. The van der Waals surface area contributed by atoms with Crippen LogP contribution in [-0.2, 0) is 11.3 Å². The lowest BCUT2D eigenvalue weighted by Crippen LogP contribution is -2.26. The van der Waals surface area contributed by atoms with E-state index in [-0.39, 0.29) is 10.6 Å². The maximum atomic E-state index is 11.9. The maximum absolute atomic E-state index is 11.9. The second-order valence-electron chi connectivity index (χ2n) is 4.36. The third-order valence-electron chi connectivity index (χ3n) is 2.94. The van der Waals surface area contributed by atoms with Gasteiger partial charge in [0.25, 0.3) is 5.56 Å². The number of hydrogen-bond acceptors (Lipinski definition) is 4. The van der Waals surface area contributed by atoms with Crippen LogP contribution in [0.5, 0.6) is 0 Å². The molecular weight excluding hydrogens is 242 g/mol. The number of nitrogens with zero attached hydrogens (tertiary/aromatic N) is 2. The SMILES string of the molecule is COCCn1ncc(NC2CC2C)c(Cl)c1=O. The molecule has 1 heterocycles. The summed E-state index contributed by atoms with van der Waals surface area (Å²) in [7, 11) is 1.58. The zero-order valence-corrected chi connectivity index (χ0v) is 10.7. The molecule has 0 aliphatic heterocycles. The Hall–Kier alpha value is -1.07. The highest BCUT2D eigenvalue weighted by atomic mass is 35.5. The summed E-state index contributed by atoms with van der Waals surface area (Å²) in [6.07, 6.45) is 2.72. The standard InChI is InChI=1S/C11H16ClN3O2/c1-7-5-8(7)14-9-6-13-15(3-4-17-2)11(16)10(9)12/h6-8,14H,3-5H2,1-2H3. The molecule has 0 spiro atoms. The molecule has 2 atom stereocenters. The van der Waals surface area contributed by atoms with Crippen LogP contribution in [0.2, 0.25) is 5.02 Å². The first kappa shape index (κ1) is 12.4. The molecule has 1 aromatic rings. The van der Waals surface area contributed by atoms with E-state index in [4.69, 9.17) is 16.3 Å². The van der Waals surface area contributed by atoms with Gasteiger partial charge in [0.2, 0.25) is 0 Å². The molecule has 17 heavy (non-hydrogen) atoms. The normalized spacial score (nSPS) is 22.5. The minimum atomic E-state index is -0.276. The van der Waals surface area contributed by atoms with Crippen LogP contribution in [-0.4, -0.2) is 29.5 Å². The number of rotatable bonds is 5. The van der Waals surface area contributed by atoms with E-state index in [9.17, 15) is 4.79 Å². The second kappa shape index (κ2) is 5.06. The van der Waals surface area contributed by atoms with Gasteiger partial charge in [-0.25, -0.2) is 4.68 Å². The molecule has 0 aromatic carbocycles. The first-order chi connectivity index (χ1) is 8.13. The van der Waals surface area contributed by atoms with Gasteiger partial charge >= 0.3 is 0 Å². The van der Waals surface area contributed by atoms with Crippen LogP contribution in [0, 0.1) is 5.92 Å². The first-order valence-electron chi connectivity index (χ1n) is 5.64. The van der Waals surface area contributed by atoms with Crippen molar-refractivity contribution in [2.24, 2.45) is 5.92 Å². The number of aromatic nitrogens is 2. The highest BCUT2D eigenvalue weighted by Crippen LogP contribution is 2.33. The minimum Gasteiger partial charge on any atom is -0.383 e. The highest BCUT2D eigenvalue weighted by molar-refractivity contribution is 6.32. The van der Waals surface area contributed by atoms with Gasteiger partial charge in [-0.3, -0.25) is 4.79 Å². The molecule has 0 bridgehead atoms. The quantitative estimate of drug-likeness (QED) is 0.866. The Balaban J connectivity index is 2.14. The Morgan fingerprint density at radius 3 is 3.00 bits per heavy atom. The number of anilines is 1. The lowest BCUT2D eigenvalue weighted by Gasteiger charge is -2.09. The van der Waals surface area contributed by atoms with Crippen molar-refractivity contribution < 1.29 is 4.74 Å². The Morgan fingerprint density at radius 1 is 1.71 bits per heavy atom. The topological polar surface area (TPSA) is 56.1 Å². The summed E-state index contributed by atoms with van der Waals surface area (Å²) >= 11 is 6.02. The van der Waals surface area contributed by atoms with Crippen LogP contribution in [0.25, 0.3) is 0 Å². The molecule has 1 N–H and O–H groups in total. The Kier molecular flexibility index (Phi) is 3.69. The number of ether oxygens (including phenoxy) is 1. The molecule has 0 saturated heterocycles. The van der Waals surface area contributed by atoms with Crippen LogP contribution >= 0.6 is 11.6 Å². The predicted molar refractivity (Wildman–Crippen MR) is 66.6 cm³/mol. The van der Waals surface area contributed by atoms with E-state index in [2.05, 4.69) is 17.3 Å². The largest absolute Gasteiger partial charge is 0.383 e. The Morgan fingerprint density at radius 2 is 2.41 bits per heavy atom. The second-order valence-corrected chi connectivity index (χ2v) is 4.74. The molecule has 0 amide bonds. The molecule has 6 heteroatoms. The van der Waals surface area contributed by atoms with Gasteiger partial charge in [-0.15, -0.1) is 0 Å². The van der Waals surface area contributed by atoms with Crippen molar-refractivity contribution in [3.05, 3.63) is 21.6 Å². The summed E-state index contributed by atoms with van der Waals surface area (Å²) < 4.78 is 6.21. The lowest BCUT2D eigenvalue weighted by atomic mass is 10.4. The van der Waals surface area contributed by atoms with Crippen molar-refractivity contribution >= 4 is 17.3 Å². The molecule has 94 valence electrons. The van der Waals surface area contributed by atoms with Crippen molar-refractivity contribution in [1.82, 2.24) is 9.78 Å². The number of nitrogens with one attached hydrogen (secondary N) is 1. The van der Waals surface area contributed by atoms with Crippen molar-refractivity contribution in [2.45, 2.75) is 25.9 Å². The average Bonchev–Trinajstić information content (AvgIpc) is 3.00. The van der Waals surface area contributed by atoms with Gasteiger partial charge in [0.1, 0.15) is 5.02 Å². The first-order valence-corrected chi connectivity index (χ1v) is 6.02. The number of methoxy groups -OCH3 is 1. The molecule has 0 radical (unpaired) electrons. The maximum Gasteiger partial charge on any atom is 0.287 e. The summed E-state index contributed by atoms with van der Waals surface area (Å²) in [4.78, 5) is 11.9. The Labute approximate surface area is 105 Å². The zero-order chi connectivity index (χ0) is 12.4. The minimum absolute atomic E-state index is 0.204. The molecule has 1 aliphatic rings. The highest BCUT2D eigenvalue weighted by Gasteiger charge is 2.33. The van der Waals surface area contributed by atoms with Gasteiger partial charge in [-0.05, 0) is 12.3 Å². The van der Waals surface area contributed by atoms with E-state index in [0.29, 0.717) is 30.8 Å². The third kappa shape index (κ3) is 2.79. The van der Waals surface area contributed by atoms with E-state index < -0.39 is 0 Å². The van der Waals surface area contributed by atoms with E-state index in [1.54, 1.807) is 13.3 Å². The van der Waals surface area contributed by atoms with Crippen molar-refractivity contribution in [3.63, 3.8) is 0 Å². The van der Waals surface area contributed by atoms with Gasteiger partial charge in [0.05, 0.1) is 25.0 Å². The molecule has 5 nitrogen and oxygen atoms in total. The van der Waals surface area contributed by atoms with Crippen molar-refractivity contribution in [2.75, 3.05) is 19.0 Å². The van der Waals surface area contributed by atoms with Gasteiger partial charge < -0.3 is 10.1 Å². The van der Waals surface area contributed by atoms with Crippen LogP contribution in [0.1, 0.15) is 13.3 Å². The fourth-order valence-electron chi connectivity index (χ4n) is 1.63. The van der Waals surface area contributed by atoms with Crippen LogP contribution < -0.4 is 10.9 Å². The van der Waals surface area contributed by atoms with Crippen LogP contribution in [0.15, 0.2) is 11.0 Å². The molecule has 1 aromatic heterocycles. The fraction of sp³-hybridized carbons (Fsp3) is 0.636. The predicted octanol–water partition coefficient (Wildman–Crippen LogP) is 1.36. The van der Waals surface area contributed by atoms with Gasteiger partial charge in [0, 0.05) is 13.2 Å². The van der Waals surface area contributed by atoms with Gasteiger partial charge in [-0.1, -0.05) is 18.5 Å². The molecule has 1 aliphatic carbocycles. The van der Waals surface area contributed by atoms with E-state index in [1.165, 1.54) is 4.68 Å². The van der Waals surface area contributed by atoms with Gasteiger partial charge in [0.15, 0.2) is 0 Å². The Bertz CT molecular complexity index is 461.